The molecule has 19 heavy (non-hydrogen) atoms. The largest absolute Gasteiger partial charge is 0.292 e. The van der Waals surface area contributed by atoms with Gasteiger partial charge in [0, 0.05) is 5.02 Å². The summed E-state index contributed by atoms with van der Waals surface area (Å²) in [7, 11) is 0. The van der Waals surface area contributed by atoms with Crippen molar-refractivity contribution in [1.29, 1.82) is 0 Å². The Morgan fingerprint density at radius 3 is 2.68 bits per heavy atom. The van der Waals surface area contributed by atoms with Gasteiger partial charge in [0.25, 0.3) is 11.1 Å². The van der Waals surface area contributed by atoms with E-state index in [1.165, 1.54) is 0 Å². The predicted octanol–water partition coefficient (Wildman–Crippen LogP) is 0.712. The third-order valence-corrected chi connectivity index (χ3v) is 3.65. The SMILES string of the molecule is O=c1cnn2c(=O)c(=Cc3ccc(Cl)cc3)sc2n1. The van der Waals surface area contributed by atoms with E-state index in [1.54, 1.807) is 30.3 Å². The van der Waals surface area contributed by atoms with Crippen molar-refractivity contribution in [3.8, 4) is 0 Å². The van der Waals surface area contributed by atoms with Crippen LogP contribution in [0, 0.1) is 0 Å². The normalized spacial score (nSPS) is 12.2. The van der Waals surface area contributed by atoms with Gasteiger partial charge in [-0.25, -0.2) is 0 Å². The van der Waals surface area contributed by atoms with Gasteiger partial charge in [-0.05, 0) is 23.8 Å². The van der Waals surface area contributed by atoms with Crippen molar-refractivity contribution in [2.24, 2.45) is 0 Å². The van der Waals surface area contributed by atoms with Crippen LogP contribution in [0.1, 0.15) is 5.56 Å². The highest BCUT2D eigenvalue weighted by Crippen LogP contribution is 2.09. The van der Waals surface area contributed by atoms with E-state index in [-0.39, 0.29) is 10.5 Å². The Balaban J connectivity index is 2.25. The van der Waals surface area contributed by atoms with E-state index in [9.17, 15) is 9.59 Å². The van der Waals surface area contributed by atoms with Gasteiger partial charge in [-0.1, -0.05) is 35.1 Å². The van der Waals surface area contributed by atoms with E-state index in [0.717, 1.165) is 27.6 Å². The third-order valence-electron chi connectivity index (χ3n) is 2.44. The molecule has 0 saturated carbocycles. The molecule has 0 aliphatic rings. The number of thiazole rings is 1. The highest BCUT2D eigenvalue weighted by molar-refractivity contribution is 7.15. The Morgan fingerprint density at radius 2 is 1.95 bits per heavy atom. The van der Waals surface area contributed by atoms with Crippen LogP contribution in [-0.4, -0.2) is 14.6 Å². The summed E-state index contributed by atoms with van der Waals surface area (Å²) in [5.41, 5.74) is 0.0951. The quantitative estimate of drug-likeness (QED) is 0.662. The number of hydrogen-bond acceptors (Lipinski definition) is 5. The zero-order chi connectivity index (χ0) is 13.4. The summed E-state index contributed by atoms with van der Waals surface area (Å²) in [4.78, 5) is 27.1. The fourth-order valence-corrected chi connectivity index (χ4v) is 2.62. The molecular formula is C12H6ClN3O2S. The van der Waals surface area contributed by atoms with Crippen molar-refractivity contribution in [3.63, 3.8) is 0 Å². The molecule has 1 aromatic carbocycles. The molecule has 0 bridgehead atoms. The van der Waals surface area contributed by atoms with E-state index in [1.807, 2.05) is 0 Å². The molecule has 0 amide bonds. The topological polar surface area (TPSA) is 64.3 Å². The van der Waals surface area contributed by atoms with Gasteiger partial charge in [0.15, 0.2) is 0 Å². The lowest BCUT2D eigenvalue weighted by atomic mass is 10.2. The fourth-order valence-electron chi connectivity index (χ4n) is 1.58. The number of rotatable bonds is 1. The molecule has 3 aromatic rings. The molecule has 0 unspecified atom stereocenters. The van der Waals surface area contributed by atoms with Crippen LogP contribution in [0.15, 0.2) is 40.1 Å². The summed E-state index contributed by atoms with van der Waals surface area (Å²) in [5, 5.41) is 4.38. The molecule has 0 fully saturated rings. The molecule has 0 N–H and O–H groups in total. The first-order chi connectivity index (χ1) is 9.13. The second-order valence-corrected chi connectivity index (χ2v) is 5.20. The van der Waals surface area contributed by atoms with E-state index in [4.69, 9.17) is 11.6 Å². The lowest BCUT2D eigenvalue weighted by Gasteiger charge is -1.91. The van der Waals surface area contributed by atoms with Crippen LogP contribution >= 0.6 is 22.9 Å². The first kappa shape index (κ1) is 12.0. The molecule has 0 aliphatic heterocycles. The van der Waals surface area contributed by atoms with Crippen molar-refractivity contribution in [2.45, 2.75) is 0 Å². The highest BCUT2D eigenvalue weighted by atomic mass is 35.5. The van der Waals surface area contributed by atoms with Crippen LogP contribution in [-0.2, 0) is 0 Å². The van der Waals surface area contributed by atoms with Crippen LogP contribution in [0.5, 0.6) is 0 Å². The van der Waals surface area contributed by atoms with Gasteiger partial charge in [-0.15, -0.1) is 0 Å². The summed E-state index contributed by atoms with van der Waals surface area (Å²) in [6.45, 7) is 0. The maximum atomic E-state index is 12.0. The zero-order valence-electron chi connectivity index (χ0n) is 9.41. The number of fused-ring (bicyclic) bond motifs is 1. The minimum Gasteiger partial charge on any atom is -0.266 e. The Hall–Kier alpha value is -2.05. The fraction of sp³-hybridized carbons (Fsp3) is 0. The number of nitrogens with zero attached hydrogens (tertiary/aromatic N) is 3. The molecule has 94 valence electrons. The van der Waals surface area contributed by atoms with Gasteiger partial charge in [-0.3, -0.25) is 9.59 Å². The van der Waals surface area contributed by atoms with Crippen molar-refractivity contribution in [1.82, 2.24) is 14.6 Å². The molecule has 2 aromatic heterocycles. The lowest BCUT2D eigenvalue weighted by Crippen LogP contribution is -2.25. The smallest absolute Gasteiger partial charge is 0.266 e. The van der Waals surface area contributed by atoms with Gasteiger partial charge in [-0.2, -0.15) is 14.6 Å². The number of aromatic nitrogens is 3. The molecule has 0 aliphatic carbocycles. The van der Waals surface area contributed by atoms with Crippen molar-refractivity contribution >= 4 is 34.0 Å². The van der Waals surface area contributed by atoms with Crippen LogP contribution in [0.25, 0.3) is 11.0 Å². The number of halogens is 1. The predicted molar refractivity (Wildman–Crippen MR) is 73.6 cm³/mol. The summed E-state index contributed by atoms with van der Waals surface area (Å²) >= 11 is 6.92. The van der Waals surface area contributed by atoms with Crippen LogP contribution in [0.2, 0.25) is 5.02 Å². The minimum absolute atomic E-state index is 0.289. The van der Waals surface area contributed by atoms with Crippen LogP contribution < -0.4 is 15.7 Å². The van der Waals surface area contributed by atoms with E-state index < -0.39 is 5.56 Å². The Bertz CT molecular complexity index is 915. The molecule has 2 heterocycles. The average molecular weight is 292 g/mol. The Morgan fingerprint density at radius 1 is 1.21 bits per heavy atom. The molecule has 0 saturated heterocycles. The van der Waals surface area contributed by atoms with Crippen molar-refractivity contribution in [3.05, 3.63) is 66.3 Å². The number of hydrogen-bond donors (Lipinski definition) is 0. The molecular weight excluding hydrogens is 286 g/mol. The molecule has 0 radical (unpaired) electrons. The second-order valence-electron chi connectivity index (χ2n) is 3.76. The summed E-state index contributed by atoms with van der Waals surface area (Å²) < 4.78 is 1.58. The Kier molecular flexibility index (Phi) is 2.88. The van der Waals surface area contributed by atoms with Gasteiger partial charge in [0.2, 0.25) is 4.96 Å². The maximum Gasteiger partial charge on any atom is 0.292 e. The minimum atomic E-state index is -0.459. The number of benzene rings is 1. The van der Waals surface area contributed by atoms with Crippen molar-refractivity contribution < 1.29 is 0 Å². The average Bonchev–Trinajstić information content (AvgIpc) is 2.68. The molecule has 3 rings (SSSR count). The maximum absolute atomic E-state index is 12.0. The summed E-state index contributed by atoms with van der Waals surface area (Å²) in [6.07, 6.45) is 2.73. The van der Waals surface area contributed by atoms with E-state index in [2.05, 4.69) is 10.1 Å². The first-order valence-electron chi connectivity index (χ1n) is 5.30. The highest BCUT2D eigenvalue weighted by Gasteiger charge is 2.05. The molecule has 5 nitrogen and oxygen atoms in total. The van der Waals surface area contributed by atoms with Gasteiger partial charge < -0.3 is 0 Å². The third kappa shape index (κ3) is 2.27. The summed E-state index contributed by atoms with van der Waals surface area (Å²) in [5.74, 6) is 0. The summed E-state index contributed by atoms with van der Waals surface area (Å²) in [6, 6.07) is 7.09. The monoisotopic (exact) mass is 291 g/mol. The second kappa shape index (κ2) is 4.56. The van der Waals surface area contributed by atoms with Gasteiger partial charge in [0.1, 0.15) is 6.20 Å². The standard InChI is InChI=1S/C12H6ClN3O2S/c13-8-3-1-7(2-4-8)5-9-11(18)16-12(19-9)15-10(17)6-14-16/h1-6H. The molecule has 0 atom stereocenters. The van der Waals surface area contributed by atoms with Crippen molar-refractivity contribution in [2.75, 3.05) is 0 Å². The van der Waals surface area contributed by atoms with E-state index in [0.29, 0.717) is 9.55 Å². The molecule has 7 heteroatoms. The molecule has 0 spiro atoms. The lowest BCUT2D eigenvalue weighted by molar-refractivity contribution is 0.866. The van der Waals surface area contributed by atoms with E-state index >= 15 is 0 Å². The van der Waals surface area contributed by atoms with Crippen LogP contribution in [0.3, 0.4) is 0 Å². The zero-order valence-corrected chi connectivity index (χ0v) is 11.0. The van der Waals surface area contributed by atoms with Gasteiger partial charge >= 0.3 is 0 Å². The van der Waals surface area contributed by atoms with Gasteiger partial charge in [0.05, 0.1) is 4.53 Å². The Labute approximate surface area is 115 Å². The first-order valence-corrected chi connectivity index (χ1v) is 6.49. The van der Waals surface area contributed by atoms with Crippen LogP contribution in [0.4, 0.5) is 0 Å².